The van der Waals surface area contributed by atoms with E-state index < -0.39 is 32.7 Å². The van der Waals surface area contributed by atoms with Crippen molar-refractivity contribution in [2.45, 2.75) is 97.3 Å². The van der Waals surface area contributed by atoms with Crippen molar-refractivity contribution in [3.05, 3.63) is 269 Å². The molecule has 3 aliphatic heterocycles. The number of piperazine rings is 1. The number of nitrogens with zero attached hydrogens (tertiary/aromatic N) is 10. The molecule has 1 amide bonds. The van der Waals surface area contributed by atoms with Crippen molar-refractivity contribution < 1.29 is 50.6 Å². The molecule has 23 heteroatoms. The molecule has 9 rings (SSSR count). The highest BCUT2D eigenvalue weighted by molar-refractivity contribution is 8.19. The van der Waals surface area contributed by atoms with Gasteiger partial charge < -0.3 is 53.0 Å². The number of nitriles is 4. The number of carboxylic acid groups (broad SMARTS) is 1. The van der Waals surface area contributed by atoms with E-state index in [2.05, 4.69) is 102 Å². The number of amides is 1. The molecule has 3 heterocycles. The molecule has 5 aliphatic rings. The van der Waals surface area contributed by atoms with Gasteiger partial charge in [-0.15, -0.1) is 0 Å². The smallest absolute Gasteiger partial charge is 0.409 e. The molecule has 1 fully saturated rings. The zero-order chi connectivity index (χ0) is 74.8. The molecule has 0 bridgehead atoms. The molecule has 3 N–H and O–H groups in total. The number of aryl methyl sites for hydroxylation is 1. The minimum Gasteiger partial charge on any atom is -0.762 e. The number of benzene rings is 4. The Hall–Kier alpha value is -10.6. The van der Waals surface area contributed by atoms with Crippen molar-refractivity contribution >= 4 is 78.8 Å². The Morgan fingerprint density at radius 3 is 2.03 bits per heavy atom. The van der Waals surface area contributed by atoms with E-state index in [0.29, 0.717) is 69.7 Å². The average molecular weight is 1440 g/mol. The van der Waals surface area contributed by atoms with Gasteiger partial charge in [-0.05, 0) is 135 Å². The highest BCUT2D eigenvalue weighted by Crippen LogP contribution is 2.49. The van der Waals surface area contributed by atoms with Crippen LogP contribution >= 0.6 is 22.5 Å². The first-order chi connectivity index (χ1) is 49.1. The van der Waals surface area contributed by atoms with Crippen molar-refractivity contribution in [2.24, 2.45) is 0 Å². The van der Waals surface area contributed by atoms with Gasteiger partial charge in [-0.25, -0.2) is 29.2 Å². The summed E-state index contributed by atoms with van der Waals surface area (Å²) in [6.07, 6.45) is 22.6. The van der Waals surface area contributed by atoms with Crippen LogP contribution in [0.25, 0.3) is 21.4 Å². The molecule has 4 aromatic rings. The second kappa shape index (κ2) is 34.8. The molecule has 0 radical (unpaired) electrons. The van der Waals surface area contributed by atoms with Crippen LogP contribution in [0.2, 0.25) is 0 Å². The molecule has 0 atom stereocenters. The number of halogens is 1. The number of fused-ring (bicyclic) bond motifs is 2. The SMILES string of the molecule is CC1(C)C(/C=C/C2=C(Cl)C(=C/C=C3\N(CCCS(O)(O)O)c4ccccc4C3(C)C)CCC2)=[N+](CCCS(=O)(=O)[O-])c2ccccc21.[C-]#[N+]/C(C#N)=C(/C(C#N)=C/C=C/C1=C(N2CCN(C(=O)OCC)CC2)C(=C/C=C/C(C#N)=C(/C(=C=[N-])C#N)c2ccc(C(=O)[O-])cc2)CC1)c1ccc(C)cc1. The number of hydrogen-bond donors (Lipinski definition) is 3. The Morgan fingerprint density at radius 1 is 0.748 bits per heavy atom. The van der Waals surface area contributed by atoms with E-state index >= 15 is 0 Å². The quantitative estimate of drug-likeness (QED) is 0.0164. The summed E-state index contributed by atoms with van der Waals surface area (Å²) in [5.74, 6) is -0.0603. The van der Waals surface area contributed by atoms with Gasteiger partial charge >= 0.3 is 6.09 Å². The maximum atomic E-state index is 12.4. The summed E-state index contributed by atoms with van der Waals surface area (Å²) in [7, 11) is -7.86. The van der Waals surface area contributed by atoms with Gasteiger partial charge in [0.25, 0.3) is 5.70 Å². The van der Waals surface area contributed by atoms with Gasteiger partial charge in [0, 0.05) is 107 Å². The molecule has 103 heavy (non-hydrogen) atoms. The molecule has 0 saturated carbocycles. The van der Waals surface area contributed by atoms with Crippen LogP contribution < -0.4 is 10.0 Å². The highest BCUT2D eigenvalue weighted by atomic mass is 35.5. The summed E-state index contributed by atoms with van der Waals surface area (Å²) in [4.78, 5) is 33.1. The van der Waals surface area contributed by atoms with E-state index in [9.17, 15) is 67.8 Å². The topological polar surface area (TPSA) is 319 Å². The Labute approximate surface area is 609 Å². The lowest BCUT2D eigenvalue weighted by Gasteiger charge is -2.37. The number of ether oxygens (including phenoxy) is 1. The van der Waals surface area contributed by atoms with Crippen LogP contribution in [-0.4, -0.2) is 122 Å². The highest BCUT2D eigenvalue weighted by Gasteiger charge is 2.44. The summed E-state index contributed by atoms with van der Waals surface area (Å²) < 4.78 is 69.9. The molecule has 0 unspecified atom stereocenters. The van der Waals surface area contributed by atoms with Crippen LogP contribution in [0.15, 0.2) is 219 Å². The maximum Gasteiger partial charge on any atom is 0.409 e. The lowest BCUT2D eigenvalue weighted by Crippen LogP contribution is -2.48. The average Bonchev–Trinajstić information content (AvgIpc) is 1.60. The van der Waals surface area contributed by atoms with E-state index in [-0.39, 0.29) is 74.8 Å². The predicted octanol–water partition coefficient (Wildman–Crippen LogP) is 14.9. The Balaban J connectivity index is 0.000000265. The first-order valence-corrected chi connectivity index (χ1v) is 37.1. The Morgan fingerprint density at radius 2 is 1.41 bits per heavy atom. The van der Waals surface area contributed by atoms with Gasteiger partial charge in [-0.1, -0.05) is 152 Å². The van der Waals surface area contributed by atoms with E-state index in [1.807, 2.05) is 79.5 Å². The van der Waals surface area contributed by atoms with Crippen molar-refractivity contribution in [3.8, 4) is 24.3 Å². The Kier molecular flexibility index (Phi) is 26.4. The number of carbonyl (C=O) groups is 2. The number of carbonyl (C=O) groups excluding carboxylic acids is 2. The van der Waals surface area contributed by atoms with E-state index in [1.165, 1.54) is 35.9 Å². The van der Waals surface area contributed by atoms with Crippen LogP contribution in [0.5, 0.6) is 0 Å². The van der Waals surface area contributed by atoms with E-state index in [1.54, 1.807) is 42.2 Å². The van der Waals surface area contributed by atoms with Crippen molar-refractivity contribution in [3.63, 3.8) is 0 Å². The summed E-state index contributed by atoms with van der Waals surface area (Å²) in [6, 6.07) is 36.8. The molecule has 1 saturated heterocycles. The first-order valence-electron chi connectivity index (χ1n) is 33.5. The van der Waals surface area contributed by atoms with Crippen molar-refractivity contribution in [1.29, 1.82) is 21.0 Å². The molecule has 4 aromatic carbocycles. The molecule has 20 nitrogen and oxygen atoms in total. The number of hydrogen-bond acceptors (Lipinski definition) is 16. The van der Waals surface area contributed by atoms with Crippen LogP contribution in [0.4, 0.5) is 16.2 Å². The maximum absolute atomic E-state index is 12.4. The van der Waals surface area contributed by atoms with Gasteiger partial charge in [0.15, 0.2) is 5.71 Å². The zero-order valence-electron chi connectivity index (χ0n) is 58.2. The minimum atomic E-state index is -4.30. The summed E-state index contributed by atoms with van der Waals surface area (Å²) in [5.41, 5.74) is 12.4. The van der Waals surface area contributed by atoms with Crippen LogP contribution in [0.3, 0.4) is 0 Å². The van der Waals surface area contributed by atoms with Crippen LogP contribution in [0, 0.1) is 58.8 Å². The number of aromatic carboxylic acids is 1. The summed E-state index contributed by atoms with van der Waals surface area (Å²) in [6.45, 7) is 22.9. The molecule has 0 aromatic heterocycles. The second-order valence-electron chi connectivity index (χ2n) is 25.9. The van der Waals surface area contributed by atoms with Crippen LogP contribution in [-0.2, 0) is 25.7 Å². The lowest BCUT2D eigenvalue weighted by atomic mass is 9.81. The van der Waals surface area contributed by atoms with Crippen molar-refractivity contribution in [2.75, 3.05) is 62.3 Å². The zero-order valence-corrected chi connectivity index (χ0v) is 60.6. The molecular weight excluding hydrogens is 1360 g/mol. The number of para-hydroxylation sites is 2. The van der Waals surface area contributed by atoms with E-state index in [0.717, 1.165) is 86.2 Å². The number of rotatable bonds is 22. The standard InChI is InChI=1S/C44H35N8O4.C36H45ClN2O6S2/c1-4-56-44(55)52-23-21-51(22-24-52)42-33(7-5-9-36(25-45)40(38(27-47)28-48)31-15-19-35(20-16-31)43(53)54)17-18-34(42)8-6-10-37(26-46)41(39(29-49)50-3)32-13-11-30(2)12-14-32;1-35(2)28-14-5-7-16-30(28)38(22-10-24-46(40,41)42)32(35)20-18-26-12-9-13-27(34(26)37)19-21-33-36(3,4)29-15-6-8-17-31(29)39(33)23-11-25-47(43,44)45/h5-16,19-20H,4,17-18,21-24H2,1-2H3,(H,53,54);5-8,14-21H,9-13,22-25H2,1-4H3,(H3-,40,41,42,43,44,45)/q-1;/p-1/b8-6+,9-5+,33-7?,37-10+,40-36-,41-39+;. The Bertz CT molecular complexity index is 4760. The molecule has 530 valence electrons. The lowest BCUT2D eigenvalue weighted by molar-refractivity contribution is -0.437. The molecule has 2 aliphatic carbocycles. The molecular formula is C80H79ClN10O10S2-2. The fourth-order valence-corrected chi connectivity index (χ4v) is 14.7. The summed E-state index contributed by atoms with van der Waals surface area (Å²) in [5, 5.41) is 61.5. The van der Waals surface area contributed by atoms with Crippen molar-refractivity contribution in [1.82, 2.24) is 9.80 Å². The first kappa shape index (κ1) is 78.1. The number of anilines is 1. The predicted molar refractivity (Wildman–Crippen MR) is 400 cm³/mol. The van der Waals surface area contributed by atoms with Gasteiger partial charge in [0.1, 0.15) is 12.6 Å². The normalized spacial score (nSPS) is 18.4. The van der Waals surface area contributed by atoms with Crippen LogP contribution in [0.1, 0.15) is 118 Å². The third-order valence-electron chi connectivity index (χ3n) is 18.5. The molecule has 0 spiro atoms. The second-order valence-corrected chi connectivity index (χ2v) is 29.4. The van der Waals surface area contributed by atoms with E-state index in [4.69, 9.17) is 22.9 Å². The van der Waals surface area contributed by atoms with Gasteiger partial charge in [-0.2, -0.15) is 20.4 Å². The number of carboxylic acids is 1. The number of allylic oxidation sites excluding steroid dienone is 22. The van der Waals surface area contributed by atoms with Gasteiger partial charge in [0.05, 0.1) is 80.5 Å². The largest absolute Gasteiger partial charge is 0.762 e. The third-order valence-corrected chi connectivity index (χ3v) is 20.6. The minimum absolute atomic E-state index is 0.00982. The summed E-state index contributed by atoms with van der Waals surface area (Å²) >= 11 is 7.09. The third kappa shape index (κ3) is 19.1. The van der Waals surface area contributed by atoms with Gasteiger partial charge in [0.2, 0.25) is 5.69 Å². The van der Waals surface area contributed by atoms with Gasteiger partial charge in [-0.3, -0.25) is 0 Å². The fourth-order valence-electron chi connectivity index (χ4n) is 13.4. The monoisotopic (exact) mass is 1440 g/mol. The fraction of sp³-hybridized carbons (Fsp3) is 0.300.